The zero-order valence-corrected chi connectivity index (χ0v) is 15.8. The summed E-state index contributed by atoms with van der Waals surface area (Å²) in [6.07, 6.45) is 9.54. The zero-order valence-electron chi connectivity index (χ0n) is 15.8. The van der Waals surface area contributed by atoms with Crippen molar-refractivity contribution in [3.8, 4) is 0 Å². The summed E-state index contributed by atoms with van der Waals surface area (Å²) in [4.78, 5) is 4.74. The van der Waals surface area contributed by atoms with Gasteiger partial charge in [-0.05, 0) is 50.8 Å². The molecule has 0 fully saturated rings. The van der Waals surface area contributed by atoms with E-state index in [1.165, 1.54) is 16.8 Å². The topological polar surface area (TPSA) is 59.2 Å². The highest BCUT2D eigenvalue weighted by Crippen LogP contribution is 2.21. The van der Waals surface area contributed by atoms with Gasteiger partial charge < -0.3 is 15.2 Å². The predicted octanol–water partition coefficient (Wildman–Crippen LogP) is 2.42. The van der Waals surface area contributed by atoms with E-state index in [1.807, 2.05) is 7.05 Å². The number of fused-ring (bicyclic) bond motifs is 1. The van der Waals surface area contributed by atoms with Gasteiger partial charge in [-0.1, -0.05) is 0 Å². The lowest BCUT2D eigenvalue weighted by molar-refractivity contribution is 0.499. The lowest BCUT2D eigenvalue weighted by Crippen LogP contribution is -2.45. The molecule has 0 aliphatic heterocycles. The van der Waals surface area contributed by atoms with Crippen LogP contribution in [0.15, 0.2) is 29.6 Å². The first-order chi connectivity index (χ1) is 12.0. The number of aromatic nitrogens is 3. The molecule has 1 atom stereocenters. The number of hydrogen-bond donors (Lipinski definition) is 2. The minimum absolute atomic E-state index is 0.386. The lowest BCUT2D eigenvalue weighted by Gasteiger charge is -2.24. The third kappa shape index (κ3) is 4.44. The Kier molecular flexibility index (Phi) is 5.46. The standard InChI is InChI=1S/C19H30N6/c1-5-20-19(21-11-15-8-9-24(4)12-15)22-17-7-6-16-13-25(14(2)3)23-18(16)10-17/h8-9,12-14,17H,5-7,10-11H2,1-4H3,(H2,20,21,22). The summed E-state index contributed by atoms with van der Waals surface area (Å²) in [7, 11) is 2.03. The molecule has 0 saturated carbocycles. The van der Waals surface area contributed by atoms with Crippen LogP contribution in [0.3, 0.4) is 0 Å². The Morgan fingerprint density at radius 2 is 2.24 bits per heavy atom. The Balaban J connectivity index is 1.64. The normalized spacial score (nSPS) is 17.6. The molecular weight excluding hydrogens is 312 g/mol. The minimum Gasteiger partial charge on any atom is -0.357 e. The van der Waals surface area contributed by atoms with Gasteiger partial charge in [0.2, 0.25) is 0 Å². The molecule has 2 aromatic heterocycles. The molecule has 0 saturated heterocycles. The average molecular weight is 342 g/mol. The van der Waals surface area contributed by atoms with Gasteiger partial charge in [0.25, 0.3) is 0 Å². The molecule has 1 aliphatic rings. The molecule has 6 heteroatoms. The van der Waals surface area contributed by atoms with Crippen molar-refractivity contribution < 1.29 is 0 Å². The smallest absolute Gasteiger partial charge is 0.191 e. The monoisotopic (exact) mass is 342 g/mol. The van der Waals surface area contributed by atoms with Crippen LogP contribution in [0.1, 0.15) is 50.1 Å². The van der Waals surface area contributed by atoms with Crippen molar-refractivity contribution in [2.24, 2.45) is 12.0 Å². The van der Waals surface area contributed by atoms with Gasteiger partial charge in [-0.3, -0.25) is 4.68 Å². The predicted molar refractivity (Wildman–Crippen MR) is 102 cm³/mol. The zero-order chi connectivity index (χ0) is 17.8. The van der Waals surface area contributed by atoms with E-state index >= 15 is 0 Å². The Morgan fingerprint density at radius 3 is 2.92 bits per heavy atom. The fourth-order valence-electron chi connectivity index (χ4n) is 3.24. The second kappa shape index (κ2) is 7.76. The highest BCUT2D eigenvalue weighted by atomic mass is 15.3. The van der Waals surface area contributed by atoms with E-state index in [0.29, 0.717) is 18.6 Å². The molecule has 2 heterocycles. The molecule has 1 aliphatic carbocycles. The molecule has 0 amide bonds. The second-order valence-corrected chi connectivity index (χ2v) is 7.14. The summed E-state index contributed by atoms with van der Waals surface area (Å²) >= 11 is 0. The maximum atomic E-state index is 4.76. The van der Waals surface area contributed by atoms with E-state index in [9.17, 15) is 0 Å². The number of hydrogen-bond acceptors (Lipinski definition) is 2. The number of aliphatic imine (C=N–C) groups is 1. The fraction of sp³-hybridized carbons (Fsp3) is 0.579. The van der Waals surface area contributed by atoms with E-state index in [2.05, 4.69) is 65.3 Å². The van der Waals surface area contributed by atoms with Crippen LogP contribution in [0, 0.1) is 0 Å². The summed E-state index contributed by atoms with van der Waals surface area (Å²) in [5.74, 6) is 0.892. The van der Waals surface area contributed by atoms with Crippen molar-refractivity contribution >= 4 is 5.96 Å². The lowest BCUT2D eigenvalue weighted by atomic mass is 9.94. The van der Waals surface area contributed by atoms with E-state index in [0.717, 1.165) is 31.8 Å². The molecule has 3 rings (SSSR count). The Hall–Kier alpha value is -2.24. The molecule has 0 bridgehead atoms. The van der Waals surface area contributed by atoms with Crippen LogP contribution in [0.4, 0.5) is 0 Å². The van der Waals surface area contributed by atoms with Gasteiger partial charge in [0.15, 0.2) is 5.96 Å². The highest BCUT2D eigenvalue weighted by molar-refractivity contribution is 5.80. The van der Waals surface area contributed by atoms with E-state index < -0.39 is 0 Å². The molecule has 1 unspecified atom stereocenters. The summed E-state index contributed by atoms with van der Waals surface area (Å²) < 4.78 is 4.14. The number of nitrogens with one attached hydrogen (secondary N) is 2. The Bertz CT molecular complexity index is 724. The van der Waals surface area contributed by atoms with Gasteiger partial charge in [-0.15, -0.1) is 0 Å². The summed E-state index contributed by atoms with van der Waals surface area (Å²) in [6.45, 7) is 8.00. The maximum absolute atomic E-state index is 4.76. The summed E-state index contributed by atoms with van der Waals surface area (Å²) in [5, 5.41) is 11.7. The van der Waals surface area contributed by atoms with Crippen LogP contribution in [-0.4, -0.2) is 32.9 Å². The van der Waals surface area contributed by atoms with Gasteiger partial charge in [0.05, 0.1) is 12.2 Å². The molecular formula is C19H30N6. The quantitative estimate of drug-likeness (QED) is 0.648. The summed E-state index contributed by atoms with van der Waals surface area (Å²) in [5.41, 5.74) is 3.86. The largest absolute Gasteiger partial charge is 0.357 e. The number of rotatable bonds is 5. The fourth-order valence-corrected chi connectivity index (χ4v) is 3.24. The summed E-state index contributed by atoms with van der Waals surface area (Å²) in [6, 6.07) is 2.91. The highest BCUT2D eigenvalue weighted by Gasteiger charge is 2.22. The molecule has 6 nitrogen and oxygen atoms in total. The van der Waals surface area contributed by atoms with Gasteiger partial charge in [-0.2, -0.15) is 5.10 Å². The van der Waals surface area contributed by atoms with Crippen LogP contribution < -0.4 is 10.6 Å². The van der Waals surface area contributed by atoms with Crippen LogP contribution >= 0.6 is 0 Å². The van der Waals surface area contributed by atoms with Crippen LogP contribution in [0.2, 0.25) is 0 Å². The molecule has 25 heavy (non-hydrogen) atoms. The van der Waals surface area contributed by atoms with Crippen molar-refractivity contribution in [3.63, 3.8) is 0 Å². The molecule has 0 radical (unpaired) electrons. The Labute approximate surface area is 150 Å². The van der Waals surface area contributed by atoms with E-state index in [1.54, 1.807) is 0 Å². The number of aryl methyl sites for hydroxylation is 2. The van der Waals surface area contributed by atoms with Crippen molar-refractivity contribution in [2.75, 3.05) is 6.54 Å². The first-order valence-electron chi connectivity index (χ1n) is 9.27. The second-order valence-electron chi connectivity index (χ2n) is 7.14. The van der Waals surface area contributed by atoms with Gasteiger partial charge >= 0.3 is 0 Å². The SMILES string of the molecule is CCNC(=NCc1ccn(C)c1)NC1CCc2cn(C(C)C)nc2C1. The molecule has 2 N–H and O–H groups in total. The first kappa shape index (κ1) is 17.6. The minimum atomic E-state index is 0.386. The van der Waals surface area contributed by atoms with Crippen LogP contribution in [0.5, 0.6) is 0 Å². The van der Waals surface area contributed by atoms with Gasteiger partial charge in [-0.25, -0.2) is 4.99 Å². The van der Waals surface area contributed by atoms with E-state index in [-0.39, 0.29) is 0 Å². The van der Waals surface area contributed by atoms with Gasteiger partial charge in [0, 0.05) is 50.7 Å². The Morgan fingerprint density at radius 1 is 1.40 bits per heavy atom. The average Bonchev–Trinajstić information content (AvgIpc) is 3.18. The molecule has 0 spiro atoms. The number of nitrogens with zero attached hydrogens (tertiary/aromatic N) is 4. The third-order valence-electron chi connectivity index (χ3n) is 4.62. The molecule has 136 valence electrons. The number of guanidine groups is 1. The molecule has 2 aromatic rings. The maximum Gasteiger partial charge on any atom is 0.191 e. The van der Waals surface area contributed by atoms with Crippen molar-refractivity contribution in [1.29, 1.82) is 0 Å². The van der Waals surface area contributed by atoms with Crippen molar-refractivity contribution in [2.45, 2.75) is 58.7 Å². The molecule has 0 aromatic carbocycles. The van der Waals surface area contributed by atoms with Crippen LogP contribution in [0.25, 0.3) is 0 Å². The van der Waals surface area contributed by atoms with Crippen LogP contribution in [-0.2, 0) is 26.4 Å². The van der Waals surface area contributed by atoms with Crippen molar-refractivity contribution in [1.82, 2.24) is 25.0 Å². The van der Waals surface area contributed by atoms with Crippen molar-refractivity contribution in [3.05, 3.63) is 41.5 Å². The first-order valence-corrected chi connectivity index (χ1v) is 9.27. The van der Waals surface area contributed by atoms with E-state index in [4.69, 9.17) is 10.1 Å². The third-order valence-corrected chi connectivity index (χ3v) is 4.62. The van der Waals surface area contributed by atoms with Gasteiger partial charge in [0.1, 0.15) is 0 Å².